The molecule has 0 unspecified atom stereocenters. The molecule has 0 saturated carbocycles. The number of carbonyl (C=O) groups excluding carboxylic acids is 1. The van der Waals surface area contributed by atoms with Crippen LogP contribution in [0.1, 0.15) is 15.4 Å². The number of hydrogen-bond acceptors (Lipinski definition) is 4. The van der Waals surface area contributed by atoms with E-state index >= 15 is 0 Å². The fourth-order valence-corrected chi connectivity index (χ4v) is 4.53. The van der Waals surface area contributed by atoms with E-state index < -0.39 is 0 Å². The molecule has 1 aromatic heterocycles. The number of halogens is 1. The zero-order valence-corrected chi connectivity index (χ0v) is 17.2. The summed E-state index contributed by atoms with van der Waals surface area (Å²) in [5, 5.41) is 3.25. The molecule has 0 bridgehead atoms. The molecule has 1 aliphatic rings. The predicted molar refractivity (Wildman–Crippen MR) is 113 cm³/mol. The first-order chi connectivity index (χ1) is 13.2. The van der Waals surface area contributed by atoms with Gasteiger partial charge in [-0.2, -0.15) is 0 Å². The number of benzene rings is 2. The Morgan fingerprint density at radius 2 is 1.70 bits per heavy atom. The van der Waals surface area contributed by atoms with Crippen molar-refractivity contribution in [3.05, 3.63) is 75.0 Å². The van der Waals surface area contributed by atoms with Crippen molar-refractivity contribution in [2.75, 3.05) is 26.2 Å². The van der Waals surface area contributed by atoms with Crippen LogP contribution in [0.5, 0.6) is 0 Å². The fraction of sp³-hybridized carbons (Fsp3) is 0.238. The Morgan fingerprint density at radius 1 is 1.00 bits per heavy atom. The molecule has 1 amide bonds. The van der Waals surface area contributed by atoms with Crippen LogP contribution >= 0.6 is 27.3 Å². The van der Waals surface area contributed by atoms with Gasteiger partial charge < -0.3 is 4.90 Å². The highest BCUT2D eigenvalue weighted by Gasteiger charge is 2.23. The van der Waals surface area contributed by atoms with Crippen molar-refractivity contribution in [1.82, 2.24) is 14.8 Å². The number of aromatic nitrogens is 1. The molecule has 0 atom stereocenters. The highest BCUT2D eigenvalue weighted by molar-refractivity contribution is 9.10. The summed E-state index contributed by atoms with van der Waals surface area (Å²) in [4.78, 5) is 21.8. The van der Waals surface area contributed by atoms with Crippen LogP contribution in [0.15, 0.2) is 64.5 Å². The Balaban J connectivity index is 1.34. The molecule has 4 nitrogen and oxygen atoms in total. The quantitative estimate of drug-likeness (QED) is 0.596. The fourth-order valence-electron chi connectivity index (χ4n) is 3.23. The summed E-state index contributed by atoms with van der Waals surface area (Å²) in [5.74, 6) is 0.0998. The Hall–Kier alpha value is -2.02. The second-order valence-electron chi connectivity index (χ2n) is 6.54. The van der Waals surface area contributed by atoms with E-state index in [1.165, 1.54) is 0 Å². The van der Waals surface area contributed by atoms with Crippen molar-refractivity contribution in [3.8, 4) is 11.3 Å². The lowest BCUT2D eigenvalue weighted by atomic mass is 10.2. The highest BCUT2D eigenvalue weighted by Crippen LogP contribution is 2.23. The summed E-state index contributed by atoms with van der Waals surface area (Å²) in [5.41, 5.74) is 2.93. The van der Waals surface area contributed by atoms with Crippen LogP contribution < -0.4 is 0 Å². The lowest BCUT2D eigenvalue weighted by Gasteiger charge is -2.34. The van der Waals surface area contributed by atoms with Crippen LogP contribution in [0.4, 0.5) is 0 Å². The summed E-state index contributed by atoms with van der Waals surface area (Å²) in [6.45, 7) is 4.08. The summed E-state index contributed by atoms with van der Waals surface area (Å²) in [6, 6.07) is 17.9. The van der Waals surface area contributed by atoms with Gasteiger partial charge in [0, 0.05) is 41.6 Å². The zero-order chi connectivity index (χ0) is 18.6. The van der Waals surface area contributed by atoms with Crippen LogP contribution in [0, 0.1) is 0 Å². The number of nitrogens with zero attached hydrogens (tertiary/aromatic N) is 3. The minimum atomic E-state index is 0.0998. The molecule has 4 rings (SSSR count). The van der Waals surface area contributed by atoms with Gasteiger partial charge in [0.25, 0.3) is 5.91 Å². The third-order valence-corrected chi connectivity index (χ3v) is 6.27. The second-order valence-corrected chi connectivity index (χ2v) is 8.34. The molecule has 27 heavy (non-hydrogen) atoms. The molecule has 0 radical (unpaired) electrons. The first kappa shape index (κ1) is 18.3. The average molecular weight is 442 g/mol. The number of carbonyl (C=O) groups is 1. The minimum Gasteiger partial charge on any atom is -0.336 e. The summed E-state index contributed by atoms with van der Waals surface area (Å²) in [7, 11) is 0. The monoisotopic (exact) mass is 441 g/mol. The molecule has 1 saturated heterocycles. The average Bonchev–Trinajstić information content (AvgIpc) is 3.18. The van der Waals surface area contributed by atoms with Crippen molar-refractivity contribution in [3.63, 3.8) is 0 Å². The third-order valence-electron chi connectivity index (χ3n) is 4.74. The maximum Gasteiger partial charge on any atom is 0.255 e. The van der Waals surface area contributed by atoms with E-state index in [1.54, 1.807) is 11.3 Å². The first-order valence-corrected chi connectivity index (χ1v) is 10.6. The Kier molecular flexibility index (Phi) is 5.66. The number of thiazole rings is 1. The number of piperazine rings is 1. The molecule has 0 N–H and O–H groups in total. The number of amides is 1. The van der Waals surface area contributed by atoms with Gasteiger partial charge in [-0.1, -0.05) is 42.5 Å². The molecule has 2 aromatic carbocycles. The van der Waals surface area contributed by atoms with Crippen molar-refractivity contribution < 1.29 is 4.79 Å². The number of rotatable bonds is 4. The van der Waals surface area contributed by atoms with Gasteiger partial charge in [-0.15, -0.1) is 11.3 Å². The lowest BCUT2D eigenvalue weighted by molar-refractivity contribution is 0.0627. The van der Waals surface area contributed by atoms with Gasteiger partial charge in [0.2, 0.25) is 0 Å². The minimum absolute atomic E-state index is 0.0998. The van der Waals surface area contributed by atoms with Gasteiger partial charge in [0.05, 0.1) is 17.8 Å². The SMILES string of the molecule is O=C(c1ccccc1Br)N1CCN(Cc2nc(-c3ccccc3)cs2)CC1. The molecular weight excluding hydrogens is 422 g/mol. The molecule has 138 valence electrons. The molecule has 0 aliphatic carbocycles. The van der Waals surface area contributed by atoms with Crippen molar-refractivity contribution in [2.24, 2.45) is 0 Å². The van der Waals surface area contributed by atoms with Crippen LogP contribution in [0.3, 0.4) is 0 Å². The van der Waals surface area contributed by atoms with E-state index in [0.717, 1.165) is 59.0 Å². The Morgan fingerprint density at radius 3 is 2.44 bits per heavy atom. The maximum atomic E-state index is 12.7. The van der Waals surface area contributed by atoms with Gasteiger partial charge in [-0.05, 0) is 28.1 Å². The van der Waals surface area contributed by atoms with Gasteiger partial charge in [0.15, 0.2) is 0 Å². The van der Waals surface area contributed by atoms with Crippen molar-refractivity contribution in [1.29, 1.82) is 0 Å². The van der Waals surface area contributed by atoms with Crippen molar-refractivity contribution in [2.45, 2.75) is 6.54 Å². The van der Waals surface area contributed by atoms with E-state index in [2.05, 4.69) is 38.3 Å². The van der Waals surface area contributed by atoms with E-state index in [4.69, 9.17) is 4.98 Å². The van der Waals surface area contributed by atoms with Gasteiger partial charge in [-0.3, -0.25) is 9.69 Å². The van der Waals surface area contributed by atoms with Gasteiger partial charge in [0.1, 0.15) is 5.01 Å². The third kappa shape index (κ3) is 4.29. The molecular formula is C21H20BrN3OS. The van der Waals surface area contributed by atoms with Gasteiger partial charge in [-0.25, -0.2) is 4.98 Å². The van der Waals surface area contributed by atoms with Crippen molar-refractivity contribution >= 4 is 33.2 Å². The molecule has 1 fully saturated rings. The normalized spacial score (nSPS) is 15.1. The van der Waals surface area contributed by atoms with E-state index in [-0.39, 0.29) is 5.91 Å². The predicted octanol–water partition coefficient (Wildman–Crippen LogP) is 4.53. The Bertz CT molecular complexity index is 920. The standard InChI is InChI=1S/C21H20BrN3OS/c22-18-9-5-4-8-17(18)21(26)25-12-10-24(11-13-25)14-20-23-19(15-27-20)16-6-2-1-3-7-16/h1-9,15H,10-14H2. The summed E-state index contributed by atoms with van der Waals surface area (Å²) in [6.07, 6.45) is 0. The first-order valence-electron chi connectivity index (χ1n) is 8.97. The van der Waals surface area contributed by atoms with Gasteiger partial charge >= 0.3 is 0 Å². The largest absolute Gasteiger partial charge is 0.336 e. The topological polar surface area (TPSA) is 36.4 Å². The second kappa shape index (κ2) is 8.33. The molecule has 1 aliphatic heterocycles. The molecule has 3 aromatic rings. The van der Waals surface area contributed by atoms with E-state index in [0.29, 0.717) is 0 Å². The lowest BCUT2D eigenvalue weighted by Crippen LogP contribution is -2.48. The van der Waals surface area contributed by atoms with E-state index in [1.807, 2.05) is 47.4 Å². The molecule has 0 spiro atoms. The molecule has 2 heterocycles. The number of hydrogen-bond donors (Lipinski definition) is 0. The van der Waals surface area contributed by atoms with Crippen LogP contribution in [0.2, 0.25) is 0 Å². The summed E-state index contributed by atoms with van der Waals surface area (Å²) >= 11 is 5.18. The zero-order valence-electron chi connectivity index (χ0n) is 14.8. The highest BCUT2D eigenvalue weighted by atomic mass is 79.9. The van der Waals surface area contributed by atoms with E-state index in [9.17, 15) is 4.79 Å². The van der Waals surface area contributed by atoms with Crippen LogP contribution in [-0.2, 0) is 6.54 Å². The maximum absolute atomic E-state index is 12.7. The smallest absolute Gasteiger partial charge is 0.255 e. The van der Waals surface area contributed by atoms with Crippen LogP contribution in [0.25, 0.3) is 11.3 Å². The molecule has 6 heteroatoms. The summed E-state index contributed by atoms with van der Waals surface area (Å²) < 4.78 is 0.855. The Labute approximate surface area is 171 Å². The van der Waals surface area contributed by atoms with Crippen LogP contribution in [-0.4, -0.2) is 46.9 Å².